The van der Waals surface area contributed by atoms with E-state index in [0.717, 1.165) is 12.8 Å². The lowest BCUT2D eigenvalue weighted by Gasteiger charge is -2.41. The molecule has 6 heteroatoms. The number of methoxy groups -OCH3 is 1. The lowest BCUT2D eigenvalue weighted by atomic mass is 9.89. The number of rotatable bonds is 11. The average Bonchev–Trinajstić information content (AvgIpc) is 3.49. The van der Waals surface area contributed by atoms with Gasteiger partial charge in [-0.2, -0.15) is 0 Å². The summed E-state index contributed by atoms with van der Waals surface area (Å²) in [5.41, 5.74) is 1.35. The van der Waals surface area contributed by atoms with Crippen LogP contribution in [0.4, 0.5) is 0 Å². The number of nitrogens with zero attached hydrogens (tertiary/aromatic N) is 1. The molecule has 37 heavy (non-hydrogen) atoms. The van der Waals surface area contributed by atoms with Gasteiger partial charge in [0.1, 0.15) is 6.10 Å². The second-order valence-electron chi connectivity index (χ2n) is 12.1. The Balaban J connectivity index is 1.55. The van der Waals surface area contributed by atoms with Crippen molar-refractivity contribution in [3.63, 3.8) is 0 Å². The van der Waals surface area contributed by atoms with E-state index >= 15 is 0 Å². The van der Waals surface area contributed by atoms with Crippen molar-refractivity contribution in [2.75, 3.05) is 21.2 Å². The van der Waals surface area contributed by atoms with Gasteiger partial charge < -0.3 is 24.2 Å². The summed E-state index contributed by atoms with van der Waals surface area (Å²) in [5.74, 6) is 2.54. The highest BCUT2D eigenvalue weighted by molar-refractivity contribution is 5.19. The Morgan fingerprint density at radius 2 is 1.84 bits per heavy atom. The van der Waals surface area contributed by atoms with Crippen LogP contribution in [0.1, 0.15) is 66.7 Å². The summed E-state index contributed by atoms with van der Waals surface area (Å²) in [5, 5.41) is 22.8. The first-order valence-electron chi connectivity index (χ1n) is 14.4. The Morgan fingerprint density at radius 3 is 2.49 bits per heavy atom. The Hall–Kier alpha value is -1.02. The number of likely N-dealkylation sites (N-methyl/N-ethyl adjacent to an activating group) is 1. The van der Waals surface area contributed by atoms with E-state index in [4.69, 9.17) is 14.2 Å². The second-order valence-corrected chi connectivity index (χ2v) is 12.1. The fourth-order valence-electron chi connectivity index (χ4n) is 6.22. The molecule has 1 N–H and O–H groups in total. The van der Waals surface area contributed by atoms with Crippen molar-refractivity contribution in [3.05, 3.63) is 36.0 Å². The maximum absolute atomic E-state index is 11.9. The molecule has 0 amide bonds. The fourth-order valence-corrected chi connectivity index (χ4v) is 6.22. The third-order valence-electron chi connectivity index (χ3n) is 8.94. The summed E-state index contributed by atoms with van der Waals surface area (Å²) >= 11 is 0. The standard InChI is InChI=1S/C31H52NO5/c1-9-27-20(3)11-14-28(37-27)21(4)16-19(2)10-12-24-22(5)25(24)13-15-29-31(34)26(32(6)7)17-23(36-29)18-30(33)35-8/h10,12-13,15-16,19-20,22-31,34H,9,11,14,17-18H2,1-8H3/b12-10+,15-13+,21-16+/t19-,20?,22-,23+,24+,25+,26+,27-,28-,29+,30?,31-/m1/s1. The summed E-state index contributed by atoms with van der Waals surface area (Å²) in [4.78, 5) is 2.02. The maximum atomic E-state index is 11.9. The van der Waals surface area contributed by atoms with Gasteiger partial charge in [-0.15, -0.1) is 0 Å². The molecule has 3 fully saturated rings. The van der Waals surface area contributed by atoms with E-state index < -0.39 is 18.5 Å². The molecule has 2 aliphatic heterocycles. The van der Waals surface area contributed by atoms with Gasteiger partial charge in [-0.05, 0) is 81.9 Å². The molecule has 3 aliphatic rings. The average molecular weight is 519 g/mol. The molecule has 6 nitrogen and oxygen atoms in total. The molecule has 2 heterocycles. The first-order valence-corrected chi connectivity index (χ1v) is 14.4. The van der Waals surface area contributed by atoms with Gasteiger partial charge in [0.2, 0.25) is 0 Å². The van der Waals surface area contributed by atoms with Gasteiger partial charge >= 0.3 is 0 Å². The molecule has 0 aromatic carbocycles. The van der Waals surface area contributed by atoms with Gasteiger partial charge in [0, 0.05) is 19.6 Å². The van der Waals surface area contributed by atoms with E-state index in [1.165, 1.54) is 19.1 Å². The van der Waals surface area contributed by atoms with Crippen LogP contribution in [0.2, 0.25) is 0 Å². The van der Waals surface area contributed by atoms with Crippen molar-refractivity contribution < 1.29 is 24.4 Å². The molecule has 1 aliphatic carbocycles. The number of hydrogen-bond donors (Lipinski definition) is 1. The highest BCUT2D eigenvalue weighted by atomic mass is 16.6. The molecule has 2 unspecified atom stereocenters. The zero-order chi connectivity index (χ0) is 27.3. The van der Waals surface area contributed by atoms with E-state index in [9.17, 15) is 10.2 Å². The molecule has 0 spiro atoms. The molecule has 0 aromatic rings. The number of aliphatic hydroxyl groups is 1. The van der Waals surface area contributed by atoms with Crippen molar-refractivity contribution >= 4 is 0 Å². The van der Waals surface area contributed by atoms with Crippen LogP contribution in [-0.4, -0.2) is 74.1 Å². The van der Waals surface area contributed by atoms with Gasteiger partial charge in [-0.3, -0.25) is 0 Å². The molecule has 2 saturated heterocycles. The minimum absolute atomic E-state index is 0.0513. The quantitative estimate of drug-likeness (QED) is 0.293. The zero-order valence-corrected chi connectivity index (χ0v) is 24.4. The Morgan fingerprint density at radius 1 is 1.14 bits per heavy atom. The lowest BCUT2D eigenvalue weighted by Crippen LogP contribution is -2.53. The summed E-state index contributed by atoms with van der Waals surface area (Å²) < 4.78 is 17.4. The summed E-state index contributed by atoms with van der Waals surface area (Å²) in [6.07, 6.45) is 13.9. The number of hydrogen-bond acceptors (Lipinski definition) is 5. The molecule has 0 bridgehead atoms. The van der Waals surface area contributed by atoms with E-state index in [0.29, 0.717) is 42.1 Å². The molecule has 0 aromatic heterocycles. The van der Waals surface area contributed by atoms with Crippen molar-refractivity contribution in [3.8, 4) is 0 Å². The van der Waals surface area contributed by atoms with Crippen LogP contribution < -0.4 is 0 Å². The third-order valence-corrected chi connectivity index (χ3v) is 8.94. The highest BCUT2D eigenvalue weighted by Gasteiger charge is 2.44. The number of allylic oxidation sites excluding steroid dienone is 4. The Kier molecular flexibility index (Phi) is 11.4. The molecular formula is C31H52NO5. The normalized spacial score (nSPS) is 41.0. The SMILES string of the molecule is CC[C@H]1O[C@@H](/C(C)=C/[C@H](C)/C=C/[C@H]2[C@@H](C)[C@@H]2/C=C/[C@@H]2O[C@H](CC([O])OC)C[C@H](N(C)C)[C@H]2O)CCC1C. The second kappa shape index (κ2) is 13.9. The maximum Gasteiger partial charge on any atom is 0.193 e. The molecular weight excluding hydrogens is 466 g/mol. The van der Waals surface area contributed by atoms with Crippen LogP contribution in [0, 0.1) is 29.6 Å². The van der Waals surface area contributed by atoms with Crippen LogP contribution in [0.3, 0.4) is 0 Å². The number of ether oxygens (including phenoxy) is 3. The van der Waals surface area contributed by atoms with Crippen molar-refractivity contribution in [1.29, 1.82) is 0 Å². The molecule has 12 atom stereocenters. The van der Waals surface area contributed by atoms with Gasteiger partial charge in [-0.1, -0.05) is 58.1 Å². The van der Waals surface area contributed by atoms with Gasteiger partial charge in [0.05, 0.1) is 24.4 Å². The Labute approximate surface area is 225 Å². The van der Waals surface area contributed by atoms with Crippen LogP contribution >= 0.6 is 0 Å². The van der Waals surface area contributed by atoms with Crippen LogP contribution in [0.15, 0.2) is 36.0 Å². The number of aliphatic hydroxyl groups excluding tert-OH is 1. The van der Waals surface area contributed by atoms with Crippen LogP contribution in [0.25, 0.3) is 0 Å². The predicted molar refractivity (Wildman–Crippen MR) is 148 cm³/mol. The molecule has 1 radical (unpaired) electrons. The summed E-state index contributed by atoms with van der Waals surface area (Å²) in [6, 6.07) is -0.0513. The van der Waals surface area contributed by atoms with Gasteiger partial charge in [0.25, 0.3) is 0 Å². The van der Waals surface area contributed by atoms with Gasteiger partial charge in [0.15, 0.2) is 6.29 Å². The van der Waals surface area contributed by atoms with Crippen molar-refractivity contribution in [2.45, 2.75) is 110 Å². The molecule has 211 valence electrons. The van der Waals surface area contributed by atoms with Crippen molar-refractivity contribution in [2.24, 2.45) is 29.6 Å². The smallest absolute Gasteiger partial charge is 0.193 e. The lowest BCUT2D eigenvalue weighted by molar-refractivity contribution is -0.179. The minimum Gasteiger partial charge on any atom is -0.388 e. The Bertz CT molecular complexity index is 794. The summed E-state index contributed by atoms with van der Waals surface area (Å²) in [6.45, 7) is 11.3. The first kappa shape index (κ1) is 30.5. The molecule has 3 rings (SSSR count). The zero-order valence-electron chi connectivity index (χ0n) is 24.4. The fraction of sp³-hybridized carbons (Fsp3) is 0.806. The highest BCUT2D eigenvalue weighted by Crippen LogP contribution is 2.48. The van der Waals surface area contributed by atoms with Crippen LogP contribution in [0.5, 0.6) is 0 Å². The van der Waals surface area contributed by atoms with E-state index in [-0.39, 0.29) is 24.7 Å². The molecule has 1 saturated carbocycles. The van der Waals surface area contributed by atoms with E-state index in [2.05, 4.69) is 58.9 Å². The first-order chi connectivity index (χ1) is 17.5. The predicted octanol–water partition coefficient (Wildman–Crippen LogP) is 5.40. The van der Waals surface area contributed by atoms with Crippen LogP contribution in [-0.2, 0) is 19.3 Å². The largest absolute Gasteiger partial charge is 0.388 e. The van der Waals surface area contributed by atoms with E-state index in [1.54, 1.807) is 0 Å². The van der Waals surface area contributed by atoms with Crippen molar-refractivity contribution in [1.82, 2.24) is 4.90 Å². The summed E-state index contributed by atoms with van der Waals surface area (Å²) in [7, 11) is 5.36. The third kappa shape index (κ3) is 8.23. The minimum atomic E-state index is -1.10. The topological polar surface area (TPSA) is 71.1 Å². The van der Waals surface area contributed by atoms with Gasteiger partial charge in [-0.25, -0.2) is 5.11 Å². The monoisotopic (exact) mass is 518 g/mol. The van der Waals surface area contributed by atoms with E-state index in [1.807, 2.05) is 25.1 Å².